The maximum absolute atomic E-state index is 11.7. The lowest BCUT2D eigenvalue weighted by atomic mass is 10.0. The van der Waals surface area contributed by atoms with Gasteiger partial charge in [-0.3, -0.25) is 9.59 Å². The van der Waals surface area contributed by atoms with Crippen LogP contribution in [0.25, 0.3) is 0 Å². The molecule has 5 heteroatoms. The zero-order chi connectivity index (χ0) is 13.7. The van der Waals surface area contributed by atoms with E-state index < -0.39 is 12.0 Å². The van der Waals surface area contributed by atoms with Crippen molar-refractivity contribution < 1.29 is 14.7 Å². The summed E-state index contributed by atoms with van der Waals surface area (Å²) < 4.78 is 0.856. The highest BCUT2D eigenvalue weighted by Crippen LogP contribution is 2.21. The van der Waals surface area contributed by atoms with E-state index in [4.69, 9.17) is 5.11 Å². The molecule has 0 saturated heterocycles. The highest BCUT2D eigenvalue weighted by Gasteiger charge is 2.19. The molecule has 1 atom stereocenters. The van der Waals surface area contributed by atoms with Gasteiger partial charge in [0, 0.05) is 10.4 Å². The van der Waals surface area contributed by atoms with Gasteiger partial charge >= 0.3 is 5.97 Å². The number of carboxylic acids is 1. The molecule has 0 aromatic heterocycles. The fourth-order valence-corrected chi connectivity index (χ4v) is 1.91. The molecule has 2 N–H and O–H groups in total. The first kappa shape index (κ1) is 14.7. The van der Waals surface area contributed by atoms with E-state index in [0.29, 0.717) is 0 Å². The summed E-state index contributed by atoms with van der Waals surface area (Å²) in [7, 11) is 0. The van der Waals surface area contributed by atoms with Crippen LogP contribution in [0.1, 0.15) is 31.9 Å². The van der Waals surface area contributed by atoms with Crippen molar-refractivity contribution in [2.24, 2.45) is 5.92 Å². The molecule has 4 nitrogen and oxygen atoms in total. The summed E-state index contributed by atoms with van der Waals surface area (Å²) in [5, 5.41) is 11.7. The number of hydrogen-bond acceptors (Lipinski definition) is 2. The van der Waals surface area contributed by atoms with E-state index in [0.717, 1.165) is 10.0 Å². The maximum atomic E-state index is 11.7. The standard InChI is InChI=1S/C13H16BrNO3/c1-8(2)13(18)15-11(7-12(16)17)9-4-3-5-10(14)6-9/h3-6,8,11H,7H2,1-2H3,(H,15,18)(H,16,17). The van der Waals surface area contributed by atoms with Gasteiger partial charge in [-0.25, -0.2) is 0 Å². The lowest BCUT2D eigenvalue weighted by molar-refractivity contribution is -0.137. The molecule has 98 valence electrons. The van der Waals surface area contributed by atoms with Gasteiger partial charge in [0.15, 0.2) is 0 Å². The van der Waals surface area contributed by atoms with Gasteiger partial charge in [-0.1, -0.05) is 41.9 Å². The number of rotatable bonds is 5. The van der Waals surface area contributed by atoms with Crippen LogP contribution in [-0.2, 0) is 9.59 Å². The van der Waals surface area contributed by atoms with Crippen LogP contribution in [0.2, 0.25) is 0 Å². The van der Waals surface area contributed by atoms with Crippen LogP contribution in [-0.4, -0.2) is 17.0 Å². The number of hydrogen-bond donors (Lipinski definition) is 2. The predicted octanol–water partition coefficient (Wildman–Crippen LogP) is 2.74. The number of benzene rings is 1. The fraction of sp³-hybridized carbons (Fsp3) is 0.385. The third kappa shape index (κ3) is 4.49. The van der Waals surface area contributed by atoms with Crippen LogP contribution in [0.4, 0.5) is 0 Å². The Bertz CT molecular complexity index is 446. The smallest absolute Gasteiger partial charge is 0.305 e. The molecule has 0 saturated carbocycles. The predicted molar refractivity (Wildman–Crippen MR) is 72.1 cm³/mol. The van der Waals surface area contributed by atoms with Crippen LogP contribution in [0.3, 0.4) is 0 Å². The Kier molecular flexibility index (Phi) is 5.34. The highest BCUT2D eigenvalue weighted by molar-refractivity contribution is 9.10. The average molecular weight is 314 g/mol. The van der Waals surface area contributed by atoms with Crippen molar-refractivity contribution in [3.05, 3.63) is 34.3 Å². The molecule has 0 radical (unpaired) electrons. The van der Waals surface area contributed by atoms with E-state index in [1.807, 2.05) is 18.2 Å². The van der Waals surface area contributed by atoms with Gasteiger partial charge in [-0.05, 0) is 17.7 Å². The SMILES string of the molecule is CC(C)C(=O)NC(CC(=O)O)c1cccc(Br)c1. The van der Waals surface area contributed by atoms with Crippen molar-refractivity contribution in [1.82, 2.24) is 5.32 Å². The van der Waals surface area contributed by atoms with Gasteiger partial charge in [0.05, 0.1) is 12.5 Å². The molecule has 0 aliphatic heterocycles. The van der Waals surface area contributed by atoms with Crippen LogP contribution in [0.15, 0.2) is 28.7 Å². The zero-order valence-electron chi connectivity index (χ0n) is 10.3. The lowest BCUT2D eigenvalue weighted by Gasteiger charge is -2.19. The van der Waals surface area contributed by atoms with Crippen LogP contribution < -0.4 is 5.32 Å². The normalized spacial score (nSPS) is 12.2. The third-order valence-electron chi connectivity index (χ3n) is 2.47. The Hall–Kier alpha value is -1.36. The molecule has 0 heterocycles. The summed E-state index contributed by atoms with van der Waals surface area (Å²) >= 11 is 3.33. The number of carbonyl (C=O) groups is 2. The minimum atomic E-state index is -0.941. The Balaban J connectivity index is 2.91. The van der Waals surface area contributed by atoms with Crippen molar-refractivity contribution in [3.8, 4) is 0 Å². The highest BCUT2D eigenvalue weighted by atomic mass is 79.9. The number of aliphatic carboxylic acids is 1. The monoisotopic (exact) mass is 313 g/mol. The van der Waals surface area contributed by atoms with Gasteiger partial charge in [0.2, 0.25) is 5.91 Å². The topological polar surface area (TPSA) is 66.4 Å². The molecule has 0 spiro atoms. The largest absolute Gasteiger partial charge is 0.481 e. The van der Waals surface area contributed by atoms with Gasteiger partial charge in [0.25, 0.3) is 0 Å². The summed E-state index contributed by atoms with van der Waals surface area (Å²) in [6.45, 7) is 3.54. The molecule has 1 unspecified atom stereocenters. The van der Waals surface area contributed by atoms with E-state index in [1.165, 1.54) is 0 Å². The second-order valence-corrected chi connectivity index (χ2v) is 5.28. The minimum Gasteiger partial charge on any atom is -0.481 e. The Morgan fingerprint density at radius 1 is 1.39 bits per heavy atom. The van der Waals surface area contributed by atoms with Gasteiger partial charge < -0.3 is 10.4 Å². The fourth-order valence-electron chi connectivity index (χ4n) is 1.49. The second-order valence-electron chi connectivity index (χ2n) is 4.37. The number of carboxylic acid groups (broad SMARTS) is 1. The van der Waals surface area contributed by atoms with E-state index >= 15 is 0 Å². The molecule has 0 fully saturated rings. The van der Waals surface area contributed by atoms with Crippen molar-refractivity contribution in [2.75, 3.05) is 0 Å². The second kappa shape index (κ2) is 6.54. The minimum absolute atomic E-state index is 0.130. The van der Waals surface area contributed by atoms with Gasteiger partial charge in [-0.15, -0.1) is 0 Å². The summed E-state index contributed by atoms with van der Waals surface area (Å²) in [6, 6.07) is 6.78. The summed E-state index contributed by atoms with van der Waals surface area (Å²) in [6.07, 6.45) is -0.130. The van der Waals surface area contributed by atoms with Crippen LogP contribution in [0.5, 0.6) is 0 Å². The molecule has 1 amide bonds. The summed E-state index contributed by atoms with van der Waals surface area (Å²) in [5.74, 6) is -1.27. The molecule has 18 heavy (non-hydrogen) atoms. The Morgan fingerprint density at radius 2 is 2.06 bits per heavy atom. The van der Waals surface area contributed by atoms with Gasteiger partial charge in [-0.2, -0.15) is 0 Å². The average Bonchev–Trinajstić information content (AvgIpc) is 2.27. The molecule has 0 bridgehead atoms. The molecule has 1 aromatic rings. The molecule has 1 rings (SSSR count). The van der Waals surface area contributed by atoms with E-state index in [2.05, 4.69) is 21.2 Å². The van der Waals surface area contributed by atoms with E-state index in [-0.39, 0.29) is 18.2 Å². The molecule has 1 aromatic carbocycles. The number of halogens is 1. The van der Waals surface area contributed by atoms with Crippen molar-refractivity contribution in [1.29, 1.82) is 0 Å². The van der Waals surface area contributed by atoms with Gasteiger partial charge in [0.1, 0.15) is 0 Å². The molecular formula is C13H16BrNO3. The number of amides is 1. The first-order chi connectivity index (χ1) is 8.40. The molecule has 0 aliphatic carbocycles. The summed E-state index contributed by atoms with van der Waals surface area (Å²) in [4.78, 5) is 22.5. The molecule has 0 aliphatic rings. The first-order valence-corrected chi connectivity index (χ1v) is 6.47. The van der Waals surface area contributed by atoms with Crippen molar-refractivity contribution >= 4 is 27.8 Å². The Labute approximate surface area is 115 Å². The lowest BCUT2D eigenvalue weighted by Crippen LogP contribution is -2.33. The Morgan fingerprint density at radius 3 is 2.56 bits per heavy atom. The zero-order valence-corrected chi connectivity index (χ0v) is 11.9. The number of nitrogens with one attached hydrogen (secondary N) is 1. The summed E-state index contributed by atoms with van der Waals surface area (Å²) in [5.41, 5.74) is 0.778. The van der Waals surface area contributed by atoms with Crippen LogP contribution >= 0.6 is 15.9 Å². The number of carbonyl (C=O) groups excluding carboxylic acids is 1. The third-order valence-corrected chi connectivity index (χ3v) is 2.96. The van der Waals surface area contributed by atoms with E-state index in [9.17, 15) is 9.59 Å². The first-order valence-electron chi connectivity index (χ1n) is 5.67. The van der Waals surface area contributed by atoms with Crippen LogP contribution in [0, 0.1) is 5.92 Å². The quantitative estimate of drug-likeness (QED) is 0.878. The van der Waals surface area contributed by atoms with Crippen molar-refractivity contribution in [3.63, 3.8) is 0 Å². The maximum Gasteiger partial charge on any atom is 0.305 e. The van der Waals surface area contributed by atoms with Crippen molar-refractivity contribution in [2.45, 2.75) is 26.3 Å². The van der Waals surface area contributed by atoms with E-state index in [1.54, 1.807) is 19.9 Å². The molecular weight excluding hydrogens is 298 g/mol.